The fourth-order valence-corrected chi connectivity index (χ4v) is 6.16. The van der Waals surface area contributed by atoms with E-state index in [1.165, 1.54) is 12.8 Å². The molecule has 0 saturated carbocycles. The number of thioether (sulfide) groups is 1. The average molecular weight is 374 g/mol. The zero-order chi connectivity index (χ0) is 18.3. The Kier molecular flexibility index (Phi) is 4.78. The lowest BCUT2D eigenvalue weighted by Gasteiger charge is -2.45. The molecule has 5 heteroatoms. The molecule has 2 fully saturated rings. The second kappa shape index (κ2) is 6.93. The van der Waals surface area contributed by atoms with Crippen LogP contribution in [0.5, 0.6) is 5.75 Å². The van der Waals surface area contributed by atoms with Crippen molar-refractivity contribution >= 4 is 17.7 Å². The number of nitrogens with zero attached hydrogens (tertiary/aromatic N) is 1. The van der Waals surface area contributed by atoms with E-state index in [0.29, 0.717) is 17.0 Å². The Morgan fingerprint density at radius 1 is 1.35 bits per heavy atom. The number of fused-ring (bicyclic) bond motifs is 3. The fraction of sp³-hybridized carbons (Fsp3) is 0.571. The number of aromatic hydroxyl groups is 1. The average Bonchev–Trinajstić information content (AvgIpc) is 2.89. The van der Waals surface area contributed by atoms with E-state index in [0.717, 1.165) is 36.3 Å². The molecule has 2 saturated heterocycles. The van der Waals surface area contributed by atoms with E-state index < -0.39 is 5.60 Å². The number of esters is 1. The number of piperidine rings is 1. The largest absolute Gasteiger partial charge is 0.508 e. The number of phenolic OH excluding ortho intramolecular Hbond substituents is 1. The monoisotopic (exact) mass is 373 g/mol. The molecule has 0 bridgehead atoms. The van der Waals surface area contributed by atoms with Crippen LogP contribution in [0.25, 0.3) is 0 Å². The quantitative estimate of drug-likeness (QED) is 0.815. The minimum atomic E-state index is -0.476. The number of hydrogen-bond acceptors (Lipinski definition) is 5. The van der Waals surface area contributed by atoms with Crippen LogP contribution in [0, 0.1) is 0 Å². The predicted molar refractivity (Wildman–Crippen MR) is 104 cm³/mol. The zero-order valence-corrected chi connectivity index (χ0v) is 16.3. The van der Waals surface area contributed by atoms with E-state index in [1.807, 2.05) is 30.0 Å². The first-order valence-corrected chi connectivity index (χ1v) is 10.6. The molecular formula is C21H27NO3S. The molecule has 0 radical (unpaired) electrons. The van der Waals surface area contributed by atoms with Gasteiger partial charge in [0.2, 0.25) is 0 Å². The third-order valence-electron chi connectivity index (χ3n) is 6.35. The maximum atomic E-state index is 12.1. The summed E-state index contributed by atoms with van der Waals surface area (Å²) in [5.41, 5.74) is 1.65. The van der Waals surface area contributed by atoms with Crippen molar-refractivity contribution in [3.05, 3.63) is 41.5 Å². The van der Waals surface area contributed by atoms with E-state index >= 15 is 0 Å². The Morgan fingerprint density at radius 3 is 2.96 bits per heavy atom. The number of rotatable bonds is 3. The highest BCUT2D eigenvalue weighted by Gasteiger charge is 2.52. The Bertz CT molecular complexity index is 734. The van der Waals surface area contributed by atoms with Crippen LogP contribution in [0.1, 0.15) is 45.1 Å². The highest BCUT2D eigenvalue weighted by Crippen LogP contribution is 2.46. The summed E-state index contributed by atoms with van der Waals surface area (Å²) in [6, 6.07) is 8.25. The van der Waals surface area contributed by atoms with E-state index in [2.05, 4.69) is 18.7 Å². The molecule has 3 aliphatic rings. The topological polar surface area (TPSA) is 49.8 Å². The molecule has 1 aromatic carbocycles. The molecule has 26 heavy (non-hydrogen) atoms. The number of ether oxygens (including phenoxy) is 1. The van der Waals surface area contributed by atoms with Crippen molar-refractivity contribution in [3.63, 3.8) is 0 Å². The van der Waals surface area contributed by atoms with Crippen molar-refractivity contribution in [2.45, 2.75) is 68.2 Å². The summed E-state index contributed by atoms with van der Waals surface area (Å²) in [4.78, 5) is 14.6. The number of benzene rings is 1. The third kappa shape index (κ3) is 3.05. The Balaban J connectivity index is 1.60. The van der Waals surface area contributed by atoms with Gasteiger partial charge in [-0.15, -0.1) is 0 Å². The zero-order valence-electron chi connectivity index (χ0n) is 15.5. The van der Waals surface area contributed by atoms with Gasteiger partial charge in [0.25, 0.3) is 0 Å². The minimum absolute atomic E-state index is 0.188. The summed E-state index contributed by atoms with van der Waals surface area (Å²) in [6.45, 7) is 5.49. The lowest BCUT2D eigenvalue weighted by molar-refractivity contribution is -0.151. The van der Waals surface area contributed by atoms with E-state index in [4.69, 9.17) is 4.74 Å². The van der Waals surface area contributed by atoms with Gasteiger partial charge < -0.3 is 9.84 Å². The van der Waals surface area contributed by atoms with Gasteiger partial charge in [0.05, 0.1) is 6.04 Å². The van der Waals surface area contributed by atoms with Crippen LogP contribution in [0.3, 0.4) is 0 Å². The Morgan fingerprint density at radius 2 is 2.15 bits per heavy atom. The second-order valence-corrected chi connectivity index (χ2v) is 9.10. The predicted octanol–water partition coefficient (Wildman–Crippen LogP) is 3.88. The first-order chi connectivity index (χ1) is 12.5. The molecule has 4 atom stereocenters. The van der Waals surface area contributed by atoms with Crippen LogP contribution in [-0.2, 0) is 15.3 Å². The van der Waals surface area contributed by atoms with Crippen LogP contribution in [-0.4, -0.2) is 45.5 Å². The summed E-state index contributed by atoms with van der Waals surface area (Å²) >= 11 is 1.88. The van der Waals surface area contributed by atoms with Crippen LogP contribution in [0.15, 0.2) is 35.9 Å². The number of hydrogen-bond donors (Lipinski definition) is 1. The van der Waals surface area contributed by atoms with Crippen LogP contribution < -0.4 is 0 Å². The molecule has 3 heterocycles. The number of carbonyl (C=O) groups is 1. The molecule has 0 spiro atoms. The van der Waals surface area contributed by atoms with Crippen LogP contribution in [0.4, 0.5) is 0 Å². The summed E-state index contributed by atoms with van der Waals surface area (Å²) in [7, 11) is 0. The van der Waals surface area contributed by atoms with Crippen molar-refractivity contribution in [2.24, 2.45) is 0 Å². The van der Waals surface area contributed by atoms with Gasteiger partial charge in [-0.1, -0.05) is 24.6 Å². The molecule has 2 unspecified atom stereocenters. The first kappa shape index (κ1) is 17.9. The summed E-state index contributed by atoms with van der Waals surface area (Å²) in [6.07, 6.45) is 6.10. The molecular weight excluding hydrogens is 346 g/mol. The molecule has 1 N–H and O–H groups in total. The van der Waals surface area contributed by atoms with Gasteiger partial charge in [-0.3, -0.25) is 4.90 Å². The molecule has 4 nitrogen and oxygen atoms in total. The lowest BCUT2D eigenvalue weighted by Crippen LogP contribution is -2.56. The van der Waals surface area contributed by atoms with Gasteiger partial charge in [-0.05, 0) is 51.3 Å². The normalized spacial score (nSPS) is 34.5. The van der Waals surface area contributed by atoms with Crippen LogP contribution >= 0.6 is 11.8 Å². The standard InChI is InChI=1S/C21H27NO3S/c1-14-18(26-13-15-7-3-4-8-17(15)23)11-16-12-20(24)25-21(16,2)19-9-5-6-10-22(14)19/h3-4,7-8,12,14,18-19,23H,5-6,9-11,13H2,1-2H3/t14-,18?,19?,21-/m0/s1. The highest BCUT2D eigenvalue weighted by atomic mass is 32.2. The van der Waals surface area contributed by atoms with E-state index in [9.17, 15) is 9.90 Å². The van der Waals surface area contributed by atoms with Crippen molar-refractivity contribution in [1.29, 1.82) is 0 Å². The summed E-state index contributed by atoms with van der Waals surface area (Å²) in [5.74, 6) is 0.950. The molecule has 4 rings (SSSR count). The first-order valence-electron chi connectivity index (χ1n) is 9.57. The van der Waals surface area contributed by atoms with Gasteiger partial charge in [0.15, 0.2) is 0 Å². The molecule has 140 valence electrons. The highest BCUT2D eigenvalue weighted by molar-refractivity contribution is 7.99. The molecule has 0 amide bonds. The minimum Gasteiger partial charge on any atom is -0.508 e. The SMILES string of the molecule is C[C@H]1C(SCc2ccccc2O)CC2=CC(=O)O[C@]2(C)C2CCCCN21. The number of para-hydroxylation sites is 1. The fourth-order valence-electron chi connectivity index (χ4n) is 4.79. The number of phenols is 1. The Hall–Kier alpha value is -1.46. The van der Waals surface area contributed by atoms with E-state index in [-0.39, 0.29) is 12.0 Å². The van der Waals surface area contributed by atoms with Crippen molar-refractivity contribution in [2.75, 3.05) is 6.54 Å². The molecule has 1 aromatic rings. The van der Waals surface area contributed by atoms with Gasteiger partial charge in [0, 0.05) is 28.7 Å². The molecule has 0 aromatic heterocycles. The number of carbonyl (C=O) groups excluding carboxylic acids is 1. The Labute approximate surface area is 159 Å². The lowest BCUT2D eigenvalue weighted by atomic mass is 9.83. The maximum Gasteiger partial charge on any atom is 0.331 e. The van der Waals surface area contributed by atoms with Crippen LogP contribution in [0.2, 0.25) is 0 Å². The summed E-state index contributed by atoms with van der Waals surface area (Å²) < 4.78 is 5.86. The second-order valence-electron chi connectivity index (χ2n) is 7.87. The molecule has 0 aliphatic carbocycles. The smallest absolute Gasteiger partial charge is 0.331 e. The van der Waals surface area contributed by atoms with Crippen molar-refractivity contribution < 1.29 is 14.6 Å². The van der Waals surface area contributed by atoms with Gasteiger partial charge in [-0.25, -0.2) is 4.79 Å². The van der Waals surface area contributed by atoms with Gasteiger partial charge in [0.1, 0.15) is 11.4 Å². The third-order valence-corrected chi connectivity index (χ3v) is 7.82. The maximum absolute atomic E-state index is 12.1. The van der Waals surface area contributed by atoms with Crippen molar-refractivity contribution in [3.8, 4) is 5.75 Å². The summed E-state index contributed by atoms with van der Waals surface area (Å²) in [5, 5.41) is 10.4. The molecule has 3 aliphatic heterocycles. The van der Waals surface area contributed by atoms with E-state index in [1.54, 1.807) is 12.1 Å². The van der Waals surface area contributed by atoms with Gasteiger partial charge in [-0.2, -0.15) is 11.8 Å². The van der Waals surface area contributed by atoms with Gasteiger partial charge >= 0.3 is 5.97 Å². The van der Waals surface area contributed by atoms with Crippen molar-refractivity contribution in [1.82, 2.24) is 4.90 Å².